The molecule has 1 heterocycles. The lowest BCUT2D eigenvalue weighted by molar-refractivity contribution is -0.140. The first-order valence-electron chi connectivity index (χ1n) is 5.29. The Hall–Kier alpha value is -2.71. The predicted molar refractivity (Wildman–Crippen MR) is 62.6 cm³/mol. The molecule has 5 N–H and O–H groups in total. The van der Waals surface area contributed by atoms with E-state index < -0.39 is 30.4 Å². The number of amides is 3. The van der Waals surface area contributed by atoms with Crippen LogP contribution in [0, 0.1) is 0 Å². The van der Waals surface area contributed by atoms with Gasteiger partial charge in [-0.25, -0.2) is 19.6 Å². The molecule has 9 nitrogen and oxygen atoms in total. The van der Waals surface area contributed by atoms with E-state index in [-0.39, 0.29) is 6.54 Å². The number of primary amides is 1. The first kappa shape index (κ1) is 14.4. The van der Waals surface area contributed by atoms with Crippen LogP contribution in [0.5, 0.6) is 0 Å². The van der Waals surface area contributed by atoms with E-state index in [1.807, 2.05) is 0 Å². The van der Waals surface area contributed by atoms with E-state index in [1.54, 1.807) is 6.07 Å². The van der Waals surface area contributed by atoms with Crippen LogP contribution in [-0.2, 0) is 16.1 Å². The second-order valence-corrected chi connectivity index (χ2v) is 3.59. The van der Waals surface area contributed by atoms with Gasteiger partial charge in [0.05, 0.1) is 18.7 Å². The smallest absolute Gasteiger partial charge is 0.326 e. The molecule has 1 rings (SSSR count). The van der Waals surface area contributed by atoms with E-state index in [0.717, 1.165) is 0 Å². The van der Waals surface area contributed by atoms with Crippen molar-refractivity contribution in [2.45, 2.75) is 19.0 Å². The van der Waals surface area contributed by atoms with Crippen LogP contribution in [0.2, 0.25) is 0 Å². The molecular weight excluding hydrogens is 254 g/mol. The minimum absolute atomic E-state index is 0.108. The fourth-order valence-corrected chi connectivity index (χ4v) is 1.20. The van der Waals surface area contributed by atoms with Gasteiger partial charge in [0, 0.05) is 6.20 Å². The van der Waals surface area contributed by atoms with Crippen LogP contribution in [0.3, 0.4) is 0 Å². The molecule has 102 valence electrons. The number of hydrogen-bond donors (Lipinski definition) is 4. The molecule has 0 saturated carbocycles. The molecule has 0 aliphatic carbocycles. The third-order valence-electron chi connectivity index (χ3n) is 2.08. The second kappa shape index (κ2) is 6.89. The second-order valence-electron chi connectivity index (χ2n) is 3.59. The summed E-state index contributed by atoms with van der Waals surface area (Å²) in [5, 5.41) is 13.3. The van der Waals surface area contributed by atoms with Crippen LogP contribution in [0.1, 0.15) is 12.1 Å². The largest absolute Gasteiger partial charge is 0.480 e. The molecule has 0 radical (unpaired) electrons. The van der Waals surface area contributed by atoms with Crippen molar-refractivity contribution in [3.8, 4) is 0 Å². The summed E-state index contributed by atoms with van der Waals surface area (Å²) in [4.78, 5) is 40.4. The highest BCUT2D eigenvalue weighted by molar-refractivity contribution is 5.87. The quantitative estimate of drug-likeness (QED) is 0.498. The van der Waals surface area contributed by atoms with Crippen molar-refractivity contribution in [2.75, 3.05) is 0 Å². The van der Waals surface area contributed by atoms with Gasteiger partial charge in [-0.3, -0.25) is 4.79 Å². The zero-order chi connectivity index (χ0) is 14.3. The summed E-state index contributed by atoms with van der Waals surface area (Å²) in [5.74, 6) is -2.15. The van der Waals surface area contributed by atoms with Gasteiger partial charge >= 0.3 is 12.0 Å². The Morgan fingerprint density at radius 2 is 2.16 bits per heavy atom. The zero-order valence-corrected chi connectivity index (χ0v) is 9.87. The standard InChI is InChI=1S/C10H13N5O4/c11-8(16)3-7(9(17)18)15-10(19)13-4-6-1-2-12-5-14-6/h1-2,5,7H,3-4H2,(H2,11,16)(H,17,18)(H2,13,15,19)/t7-/m1/s1. The third-order valence-corrected chi connectivity index (χ3v) is 2.08. The maximum absolute atomic E-state index is 11.4. The number of rotatable bonds is 6. The zero-order valence-electron chi connectivity index (χ0n) is 9.87. The van der Waals surface area contributed by atoms with E-state index in [2.05, 4.69) is 20.6 Å². The molecular formula is C10H13N5O4. The van der Waals surface area contributed by atoms with Crippen LogP contribution in [0.4, 0.5) is 4.79 Å². The molecule has 0 bridgehead atoms. The van der Waals surface area contributed by atoms with E-state index in [9.17, 15) is 14.4 Å². The number of nitrogens with two attached hydrogens (primary N) is 1. The van der Waals surface area contributed by atoms with Gasteiger partial charge in [0.15, 0.2) is 0 Å². The Morgan fingerprint density at radius 3 is 2.68 bits per heavy atom. The van der Waals surface area contributed by atoms with Crippen LogP contribution in [0.15, 0.2) is 18.6 Å². The Morgan fingerprint density at radius 1 is 1.42 bits per heavy atom. The molecule has 0 aromatic carbocycles. The number of carboxylic acids is 1. The highest BCUT2D eigenvalue weighted by atomic mass is 16.4. The molecule has 3 amide bonds. The van der Waals surface area contributed by atoms with Crippen LogP contribution >= 0.6 is 0 Å². The van der Waals surface area contributed by atoms with Gasteiger partial charge < -0.3 is 21.5 Å². The minimum Gasteiger partial charge on any atom is -0.480 e. The lowest BCUT2D eigenvalue weighted by Crippen LogP contribution is -2.47. The molecule has 0 aliphatic rings. The molecule has 19 heavy (non-hydrogen) atoms. The van der Waals surface area contributed by atoms with Crippen molar-refractivity contribution in [1.29, 1.82) is 0 Å². The Bertz CT molecular complexity index is 464. The average molecular weight is 267 g/mol. The van der Waals surface area contributed by atoms with Crippen molar-refractivity contribution in [2.24, 2.45) is 5.73 Å². The van der Waals surface area contributed by atoms with Gasteiger partial charge in [0.2, 0.25) is 5.91 Å². The fraction of sp³-hybridized carbons (Fsp3) is 0.300. The van der Waals surface area contributed by atoms with Crippen LogP contribution < -0.4 is 16.4 Å². The maximum atomic E-state index is 11.4. The summed E-state index contributed by atoms with van der Waals surface area (Å²) in [5.41, 5.74) is 5.44. The molecule has 1 aromatic rings. The lowest BCUT2D eigenvalue weighted by Gasteiger charge is -2.13. The highest BCUT2D eigenvalue weighted by Gasteiger charge is 2.21. The Kier molecular flexibility index (Phi) is 5.20. The van der Waals surface area contributed by atoms with Gasteiger partial charge in [-0.2, -0.15) is 0 Å². The van der Waals surface area contributed by atoms with Gasteiger partial charge in [0.25, 0.3) is 0 Å². The number of carbonyl (C=O) groups is 3. The van der Waals surface area contributed by atoms with E-state index in [1.165, 1.54) is 12.5 Å². The van der Waals surface area contributed by atoms with Crippen LogP contribution in [-0.4, -0.2) is 39.0 Å². The molecule has 0 unspecified atom stereocenters. The summed E-state index contributed by atoms with van der Waals surface area (Å²) in [6, 6.07) is -0.492. The topological polar surface area (TPSA) is 147 Å². The van der Waals surface area contributed by atoms with Crippen molar-refractivity contribution in [3.63, 3.8) is 0 Å². The van der Waals surface area contributed by atoms with Crippen LogP contribution in [0.25, 0.3) is 0 Å². The van der Waals surface area contributed by atoms with Gasteiger partial charge in [0.1, 0.15) is 12.4 Å². The molecule has 0 spiro atoms. The molecule has 1 atom stereocenters. The van der Waals surface area contributed by atoms with Gasteiger partial charge in [-0.1, -0.05) is 0 Å². The minimum atomic E-state index is -1.36. The van der Waals surface area contributed by atoms with Crippen molar-refractivity contribution in [3.05, 3.63) is 24.3 Å². The normalized spacial score (nSPS) is 11.4. The van der Waals surface area contributed by atoms with Gasteiger partial charge in [-0.15, -0.1) is 0 Å². The number of carboxylic acid groups (broad SMARTS) is 1. The van der Waals surface area contributed by atoms with E-state index >= 15 is 0 Å². The fourth-order valence-electron chi connectivity index (χ4n) is 1.20. The molecule has 0 fully saturated rings. The number of hydrogen-bond acceptors (Lipinski definition) is 5. The lowest BCUT2D eigenvalue weighted by atomic mass is 10.2. The summed E-state index contributed by atoms with van der Waals surface area (Å²) < 4.78 is 0. The number of carbonyl (C=O) groups excluding carboxylic acids is 2. The summed E-state index contributed by atoms with van der Waals surface area (Å²) in [6.45, 7) is 0.108. The average Bonchev–Trinajstić information content (AvgIpc) is 2.36. The van der Waals surface area contributed by atoms with Crippen molar-refractivity contribution in [1.82, 2.24) is 20.6 Å². The van der Waals surface area contributed by atoms with E-state index in [0.29, 0.717) is 5.69 Å². The number of aliphatic carboxylic acids is 1. The van der Waals surface area contributed by atoms with Crippen molar-refractivity contribution < 1.29 is 19.5 Å². The Balaban J connectivity index is 2.45. The first-order valence-corrected chi connectivity index (χ1v) is 5.29. The summed E-state index contributed by atoms with van der Waals surface area (Å²) >= 11 is 0. The highest BCUT2D eigenvalue weighted by Crippen LogP contribution is 1.93. The third kappa shape index (κ3) is 5.44. The predicted octanol–water partition coefficient (Wildman–Crippen LogP) is -1.40. The first-order chi connectivity index (χ1) is 8.99. The van der Waals surface area contributed by atoms with E-state index in [4.69, 9.17) is 10.8 Å². The molecule has 0 aliphatic heterocycles. The van der Waals surface area contributed by atoms with Gasteiger partial charge in [-0.05, 0) is 6.07 Å². The summed E-state index contributed by atoms with van der Waals surface area (Å²) in [6.07, 6.45) is 2.35. The molecule has 0 saturated heterocycles. The maximum Gasteiger partial charge on any atom is 0.326 e. The summed E-state index contributed by atoms with van der Waals surface area (Å²) in [7, 11) is 0. The number of nitrogens with zero attached hydrogens (tertiary/aromatic N) is 2. The Labute approximate surface area is 108 Å². The SMILES string of the molecule is NC(=O)C[C@@H](NC(=O)NCc1ccncn1)C(=O)O. The number of aromatic nitrogens is 2. The molecule has 9 heteroatoms. The monoisotopic (exact) mass is 267 g/mol. The number of urea groups is 1. The molecule has 1 aromatic heterocycles. The van der Waals surface area contributed by atoms with Crippen molar-refractivity contribution >= 4 is 17.9 Å². The number of nitrogens with one attached hydrogen (secondary N) is 2.